The smallest absolute Gasteiger partial charge is 0.304 e. The summed E-state index contributed by atoms with van der Waals surface area (Å²) in [6.07, 6.45) is 11.4. The second-order valence-corrected chi connectivity index (χ2v) is 23.0. The molecule has 7 aliphatic rings. The summed E-state index contributed by atoms with van der Waals surface area (Å²) in [6, 6.07) is -3.31. The predicted molar refractivity (Wildman–Crippen MR) is 229 cm³/mol. The van der Waals surface area contributed by atoms with Crippen LogP contribution in [0, 0.1) is 39.4 Å². The zero-order valence-corrected chi connectivity index (χ0v) is 38.5. The summed E-state index contributed by atoms with van der Waals surface area (Å²) in [6.45, 7) is 22.7. The highest BCUT2D eigenvalue weighted by Crippen LogP contribution is 2.91. The molecule has 3 unspecified atom stereocenters. The minimum absolute atomic E-state index is 0.0751. The average molecular weight is 856 g/mol. The van der Waals surface area contributed by atoms with Crippen molar-refractivity contribution in [1.82, 2.24) is 34.8 Å². The van der Waals surface area contributed by atoms with Gasteiger partial charge in [0.25, 0.3) is 5.91 Å². The van der Waals surface area contributed by atoms with E-state index in [9.17, 15) is 27.6 Å². The van der Waals surface area contributed by atoms with E-state index in [-0.39, 0.29) is 70.9 Å². The topological polar surface area (TPSA) is 177 Å². The van der Waals surface area contributed by atoms with E-state index in [1.54, 1.807) is 31.7 Å². The number of carbonyl (C=O) groups is 5. The maximum Gasteiger partial charge on any atom is 0.304 e. The van der Waals surface area contributed by atoms with Crippen LogP contribution in [0.5, 0.6) is 0 Å². The summed E-state index contributed by atoms with van der Waals surface area (Å²) in [5.41, 5.74) is -2.95. The fourth-order valence-corrected chi connectivity index (χ4v) is 14.9. The van der Waals surface area contributed by atoms with Gasteiger partial charge in [0.1, 0.15) is 23.7 Å². The Morgan fingerprint density at radius 1 is 0.967 bits per heavy atom. The van der Waals surface area contributed by atoms with E-state index < -0.39 is 63.1 Å². The Bertz CT molecular complexity index is 1880. The number of likely N-dealkylation sites (tertiary alicyclic amines) is 1. The second-order valence-electron chi connectivity index (χ2n) is 21.4. The predicted octanol–water partition coefficient (Wildman–Crippen LogP) is 4.01. The summed E-state index contributed by atoms with van der Waals surface area (Å²) in [7, 11) is -4.22. The summed E-state index contributed by atoms with van der Waals surface area (Å²) in [5, 5.41) is 9.44. The molecule has 7 fully saturated rings. The van der Waals surface area contributed by atoms with Gasteiger partial charge in [0.05, 0.1) is 6.04 Å². The molecule has 4 saturated carbocycles. The Hall–Kier alpha value is -3.04. The lowest BCUT2D eigenvalue weighted by Crippen LogP contribution is -2.63. The van der Waals surface area contributed by atoms with Gasteiger partial charge in [0.2, 0.25) is 23.6 Å². The zero-order valence-electron chi connectivity index (χ0n) is 37.7. The first-order valence-corrected chi connectivity index (χ1v) is 24.5. The van der Waals surface area contributed by atoms with Gasteiger partial charge in [-0.3, -0.25) is 28.9 Å². The highest BCUT2D eigenvalue weighted by Gasteiger charge is 2.88. The molecule has 336 valence electrons. The minimum Gasteiger partial charge on any atom is -0.343 e. The van der Waals surface area contributed by atoms with Crippen LogP contribution in [0.15, 0.2) is 12.7 Å². The van der Waals surface area contributed by atoms with Crippen molar-refractivity contribution in [1.29, 1.82) is 0 Å². The van der Waals surface area contributed by atoms with Gasteiger partial charge in [0, 0.05) is 36.5 Å². The Balaban J connectivity index is 1.24. The van der Waals surface area contributed by atoms with Gasteiger partial charge in [-0.05, 0) is 120 Å². The van der Waals surface area contributed by atoms with Crippen molar-refractivity contribution in [3.63, 3.8) is 0 Å². The Kier molecular flexibility index (Phi) is 11.7. The zero-order chi connectivity index (χ0) is 44.0. The quantitative estimate of drug-likeness (QED) is 0.226. The molecule has 4 N–H and O–H groups in total. The minimum atomic E-state index is -4.22. The monoisotopic (exact) mass is 856 g/mol. The van der Waals surface area contributed by atoms with Crippen LogP contribution < -0.4 is 20.7 Å². The number of hydrogen-bond donors (Lipinski definition) is 4. The van der Waals surface area contributed by atoms with Crippen LogP contribution in [0.2, 0.25) is 0 Å². The standard InChI is InChI=1S/C45H73N7O7S/c1-11-30-24-45(30,40(57)49-60(58,59)52(12-2)28(5)6)48-37(54)33-25-44-26-51(33)39(56)35(41(7,8)9)47-38(55)34(46-36(53)32-19-13-14-22-50(32)27(3)4)29-17-15-18-31(23-29)42(44,10)43(44)20-16-21-43/h11,27-35H,1,12-26H2,2-10H3,(H,46,53)(H,47,55)(H,48,54)(H,49,57)/t29?,30-,31?,32-,33+,34+,35-,42?,44-,45-/m1/s1. The number of fused-ring (bicyclic) bond motifs is 5. The van der Waals surface area contributed by atoms with E-state index in [1.165, 1.54) is 4.31 Å². The van der Waals surface area contributed by atoms with Crippen molar-refractivity contribution in [3.8, 4) is 0 Å². The molecule has 15 heteroatoms. The van der Waals surface area contributed by atoms with Gasteiger partial charge in [0.15, 0.2) is 0 Å². The van der Waals surface area contributed by atoms with Crippen molar-refractivity contribution in [2.75, 3.05) is 19.6 Å². The first kappa shape index (κ1) is 45.0. The number of hydrogen-bond acceptors (Lipinski definition) is 8. The lowest BCUT2D eigenvalue weighted by atomic mass is 9.65. The van der Waals surface area contributed by atoms with Crippen LogP contribution in [0.3, 0.4) is 0 Å². The molecular weight excluding hydrogens is 783 g/mol. The van der Waals surface area contributed by atoms with Gasteiger partial charge in [-0.2, -0.15) is 12.7 Å². The van der Waals surface area contributed by atoms with Crippen LogP contribution in [-0.4, -0.2) is 113 Å². The maximum absolute atomic E-state index is 15.3. The summed E-state index contributed by atoms with van der Waals surface area (Å²) < 4.78 is 30.2. The SMILES string of the molecule is C=C[C@@H]1C[C@]1(NC(=O)[C@@H]1C[C@@]23CN1C(=O)[C@H](C(C)(C)C)NC(=O)[C@@H](NC(=O)[C@H]1CCCCN1C(C)C)C1CCCC(C1)C2(C)C31CCC1)C(=O)NS(=O)(=O)N(CC)C(C)C. The Labute approximate surface area is 358 Å². The van der Waals surface area contributed by atoms with E-state index >= 15 is 4.79 Å². The Morgan fingerprint density at radius 2 is 1.67 bits per heavy atom. The molecule has 4 aliphatic carbocycles. The van der Waals surface area contributed by atoms with E-state index in [0.717, 1.165) is 70.8 Å². The maximum atomic E-state index is 15.3. The molecule has 7 rings (SSSR count). The fraction of sp³-hybridized carbons (Fsp3) is 0.844. The molecule has 10 atom stereocenters. The van der Waals surface area contributed by atoms with E-state index in [1.807, 2.05) is 20.8 Å². The number of piperidine rings is 1. The molecule has 4 bridgehead atoms. The van der Waals surface area contributed by atoms with Crippen LogP contribution in [0.1, 0.15) is 139 Å². The number of carbonyl (C=O) groups excluding carboxylic acids is 5. The number of nitrogens with zero attached hydrogens (tertiary/aromatic N) is 3. The molecular formula is C45H73N7O7S. The van der Waals surface area contributed by atoms with E-state index in [2.05, 4.69) is 52.9 Å². The largest absolute Gasteiger partial charge is 0.343 e. The molecule has 0 aromatic heterocycles. The van der Waals surface area contributed by atoms with Crippen molar-refractivity contribution in [3.05, 3.63) is 12.7 Å². The molecule has 5 amide bonds. The fourth-order valence-electron chi connectivity index (χ4n) is 13.5. The van der Waals surface area contributed by atoms with Crippen LogP contribution >= 0.6 is 0 Å². The average Bonchev–Trinajstić information content (AvgIpc) is 3.92. The van der Waals surface area contributed by atoms with Crippen molar-refractivity contribution in [2.24, 2.45) is 39.4 Å². The lowest BCUT2D eigenvalue weighted by Gasteiger charge is -2.43. The lowest BCUT2D eigenvalue weighted by molar-refractivity contribution is -0.145. The van der Waals surface area contributed by atoms with Crippen molar-refractivity contribution < 1.29 is 32.4 Å². The molecule has 3 saturated heterocycles. The molecule has 14 nitrogen and oxygen atoms in total. The highest BCUT2D eigenvalue weighted by atomic mass is 32.2. The third-order valence-electron chi connectivity index (χ3n) is 17.0. The van der Waals surface area contributed by atoms with Crippen LogP contribution in [-0.2, 0) is 34.2 Å². The number of rotatable bonds is 11. The van der Waals surface area contributed by atoms with E-state index in [0.29, 0.717) is 13.0 Å². The molecule has 3 aliphatic heterocycles. The van der Waals surface area contributed by atoms with Gasteiger partial charge >= 0.3 is 10.2 Å². The number of nitrogens with one attached hydrogen (secondary N) is 4. The van der Waals surface area contributed by atoms with Crippen LogP contribution in [0.25, 0.3) is 0 Å². The molecule has 60 heavy (non-hydrogen) atoms. The molecule has 2 spiro atoms. The molecule has 0 aromatic carbocycles. The third-order valence-corrected chi connectivity index (χ3v) is 18.7. The van der Waals surface area contributed by atoms with Gasteiger partial charge in [-0.15, -0.1) is 6.58 Å². The highest BCUT2D eigenvalue weighted by molar-refractivity contribution is 7.87. The molecule has 0 radical (unpaired) electrons. The van der Waals surface area contributed by atoms with Crippen molar-refractivity contribution >= 4 is 39.7 Å². The first-order chi connectivity index (χ1) is 28.1. The molecule has 3 heterocycles. The van der Waals surface area contributed by atoms with Crippen LogP contribution in [0.4, 0.5) is 0 Å². The first-order valence-electron chi connectivity index (χ1n) is 23.0. The summed E-state index contributed by atoms with van der Waals surface area (Å²) in [4.78, 5) is 77.3. The second kappa shape index (κ2) is 15.6. The summed E-state index contributed by atoms with van der Waals surface area (Å²) in [5.74, 6) is -2.57. The molecule has 0 aromatic rings. The Morgan fingerprint density at radius 3 is 2.23 bits per heavy atom. The van der Waals surface area contributed by atoms with Crippen molar-refractivity contribution in [2.45, 2.75) is 181 Å². The van der Waals surface area contributed by atoms with E-state index in [4.69, 9.17) is 0 Å². The van der Waals surface area contributed by atoms with Gasteiger partial charge in [-0.1, -0.05) is 60.0 Å². The van der Waals surface area contributed by atoms with Gasteiger partial charge in [-0.25, -0.2) is 4.72 Å². The number of amides is 5. The third kappa shape index (κ3) is 6.93. The normalized spacial score (nSPS) is 37.7. The summed E-state index contributed by atoms with van der Waals surface area (Å²) >= 11 is 0. The van der Waals surface area contributed by atoms with Gasteiger partial charge < -0.3 is 20.9 Å².